The molecule has 23 heavy (non-hydrogen) atoms. The molecular formula is C18H23NO4. The quantitative estimate of drug-likeness (QED) is 0.658. The number of benzene rings is 2. The highest BCUT2D eigenvalue weighted by molar-refractivity contribution is 5.38. The summed E-state index contributed by atoms with van der Waals surface area (Å²) in [5.74, 6) is 0.641. The summed E-state index contributed by atoms with van der Waals surface area (Å²) in [4.78, 5) is 0. The van der Waals surface area contributed by atoms with Crippen molar-refractivity contribution in [2.75, 3.05) is 13.7 Å². The third kappa shape index (κ3) is 4.37. The number of hydrogen-bond donors (Lipinski definition) is 4. The molecule has 0 heterocycles. The van der Waals surface area contributed by atoms with Gasteiger partial charge in [-0.2, -0.15) is 0 Å². The molecule has 0 amide bonds. The van der Waals surface area contributed by atoms with Crippen LogP contribution >= 0.6 is 0 Å². The first-order chi connectivity index (χ1) is 10.8. The van der Waals surface area contributed by atoms with Crippen LogP contribution in [0.25, 0.3) is 0 Å². The van der Waals surface area contributed by atoms with E-state index in [1.54, 1.807) is 7.11 Å². The van der Waals surface area contributed by atoms with Crippen molar-refractivity contribution < 1.29 is 20.1 Å². The first-order valence-electron chi connectivity index (χ1n) is 7.42. The van der Waals surface area contributed by atoms with E-state index in [4.69, 9.17) is 4.74 Å². The van der Waals surface area contributed by atoms with Crippen molar-refractivity contribution in [1.29, 1.82) is 0 Å². The van der Waals surface area contributed by atoms with Gasteiger partial charge in [-0.05, 0) is 49.2 Å². The van der Waals surface area contributed by atoms with Gasteiger partial charge < -0.3 is 25.4 Å². The van der Waals surface area contributed by atoms with Gasteiger partial charge in [0.05, 0.1) is 13.2 Å². The van der Waals surface area contributed by atoms with E-state index >= 15 is 0 Å². The van der Waals surface area contributed by atoms with E-state index in [0.29, 0.717) is 5.56 Å². The molecule has 0 fully saturated rings. The maximum absolute atomic E-state index is 10.3. The number of phenols is 2. The maximum Gasteiger partial charge on any atom is 0.119 e. The summed E-state index contributed by atoms with van der Waals surface area (Å²) in [6, 6.07) is 11.8. The third-order valence-corrected chi connectivity index (χ3v) is 3.86. The molecule has 0 saturated carbocycles. The Labute approximate surface area is 136 Å². The fourth-order valence-electron chi connectivity index (χ4n) is 2.39. The summed E-state index contributed by atoms with van der Waals surface area (Å²) in [7, 11) is 1.62. The molecule has 0 aliphatic rings. The van der Waals surface area contributed by atoms with E-state index in [1.165, 1.54) is 18.2 Å². The SMILES string of the molecule is COc1ccc(C(C)(C)NCC(O)c2cc(O)cc(O)c2)cc1. The second-order valence-corrected chi connectivity index (χ2v) is 6.03. The van der Waals surface area contributed by atoms with Crippen LogP contribution in [-0.4, -0.2) is 29.0 Å². The van der Waals surface area contributed by atoms with Crippen molar-refractivity contribution >= 4 is 0 Å². The van der Waals surface area contributed by atoms with Crippen molar-refractivity contribution in [3.63, 3.8) is 0 Å². The van der Waals surface area contributed by atoms with Gasteiger partial charge in [0.15, 0.2) is 0 Å². The maximum atomic E-state index is 10.3. The number of nitrogens with one attached hydrogen (secondary N) is 1. The summed E-state index contributed by atoms with van der Waals surface area (Å²) in [5.41, 5.74) is 1.16. The van der Waals surface area contributed by atoms with Gasteiger partial charge in [0.2, 0.25) is 0 Å². The lowest BCUT2D eigenvalue weighted by molar-refractivity contribution is 0.160. The Morgan fingerprint density at radius 3 is 2.13 bits per heavy atom. The Kier molecular flexibility index (Phi) is 5.13. The summed E-state index contributed by atoms with van der Waals surface area (Å²) >= 11 is 0. The van der Waals surface area contributed by atoms with Crippen LogP contribution < -0.4 is 10.1 Å². The van der Waals surface area contributed by atoms with Gasteiger partial charge in [0.25, 0.3) is 0 Å². The van der Waals surface area contributed by atoms with Gasteiger partial charge in [-0.3, -0.25) is 0 Å². The van der Waals surface area contributed by atoms with E-state index in [2.05, 4.69) is 5.32 Å². The average Bonchev–Trinajstić information content (AvgIpc) is 2.52. The molecule has 124 valence electrons. The van der Waals surface area contributed by atoms with Crippen LogP contribution in [-0.2, 0) is 5.54 Å². The zero-order chi connectivity index (χ0) is 17.0. The molecule has 0 saturated heterocycles. The second-order valence-electron chi connectivity index (χ2n) is 6.03. The van der Waals surface area contributed by atoms with Gasteiger partial charge in [-0.15, -0.1) is 0 Å². The molecular weight excluding hydrogens is 294 g/mol. The minimum absolute atomic E-state index is 0.0755. The lowest BCUT2D eigenvalue weighted by atomic mass is 9.93. The van der Waals surface area contributed by atoms with Gasteiger partial charge in [0.1, 0.15) is 17.2 Å². The van der Waals surface area contributed by atoms with Crippen LogP contribution in [0.2, 0.25) is 0 Å². The van der Waals surface area contributed by atoms with E-state index in [1.807, 2.05) is 38.1 Å². The molecule has 0 aliphatic carbocycles. The van der Waals surface area contributed by atoms with Gasteiger partial charge in [-0.1, -0.05) is 12.1 Å². The summed E-state index contributed by atoms with van der Waals surface area (Å²) in [6.07, 6.45) is -0.842. The summed E-state index contributed by atoms with van der Waals surface area (Å²) < 4.78 is 5.15. The Bertz CT molecular complexity index is 632. The van der Waals surface area contributed by atoms with Crippen molar-refractivity contribution in [3.8, 4) is 17.2 Å². The minimum Gasteiger partial charge on any atom is -0.508 e. The van der Waals surface area contributed by atoms with Crippen LogP contribution in [0.1, 0.15) is 31.1 Å². The van der Waals surface area contributed by atoms with Crippen molar-refractivity contribution in [2.24, 2.45) is 0 Å². The fourth-order valence-corrected chi connectivity index (χ4v) is 2.39. The highest BCUT2D eigenvalue weighted by atomic mass is 16.5. The average molecular weight is 317 g/mol. The Hall–Kier alpha value is -2.24. The van der Waals surface area contributed by atoms with Crippen molar-refractivity contribution in [1.82, 2.24) is 5.32 Å². The summed E-state index contributed by atoms with van der Waals surface area (Å²) in [6.45, 7) is 4.31. The smallest absolute Gasteiger partial charge is 0.119 e. The number of aliphatic hydroxyl groups excluding tert-OH is 1. The number of ether oxygens (including phenoxy) is 1. The fraction of sp³-hybridized carbons (Fsp3) is 0.333. The van der Waals surface area contributed by atoms with E-state index in [9.17, 15) is 15.3 Å². The van der Waals surface area contributed by atoms with Gasteiger partial charge in [0, 0.05) is 18.2 Å². The third-order valence-electron chi connectivity index (χ3n) is 3.86. The molecule has 0 spiro atoms. The molecule has 5 heteroatoms. The number of aliphatic hydroxyl groups is 1. The first kappa shape index (κ1) is 17.1. The molecule has 1 unspecified atom stereocenters. The Balaban J connectivity index is 2.05. The molecule has 0 aliphatic heterocycles. The van der Waals surface area contributed by atoms with E-state index in [0.717, 1.165) is 11.3 Å². The normalized spacial score (nSPS) is 12.9. The standard InChI is InChI=1S/C18H23NO4/c1-18(2,13-4-6-16(23-3)7-5-13)19-11-17(22)12-8-14(20)10-15(21)9-12/h4-10,17,19-22H,11H2,1-3H3. The molecule has 2 aromatic rings. The molecule has 2 aromatic carbocycles. The Morgan fingerprint density at radius 2 is 1.61 bits per heavy atom. The molecule has 4 N–H and O–H groups in total. The Morgan fingerprint density at radius 1 is 1.04 bits per heavy atom. The van der Waals surface area contributed by atoms with E-state index < -0.39 is 6.10 Å². The zero-order valence-electron chi connectivity index (χ0n) is 13.6. The van der Waals surface area contributed by atoms with Crippen molar-refractivity contribution in [3.05, 3.63) is 53.6 Å². The van der Waals surface area contributed by atoms with Crippen LogP contribution in [0, 0.1) is 0 Å². The lowest BCUT2D eigenvalue weighted by Crippen LogP contribution is -2.39. The van der Waals surface area contributed by atoms with Crippen molar-refractivity contribution in [2.45, 2.75) is 25.5 Å². The first-order valence-corrected chi connectivity index (χ1v) is 7.42. The molecule has 5 nitrogen and oxygen atoms in total. The van der Waals surface area contributed by atoms with Crippen LogP contribution in [0.15, 0.2) is 42.5 Å². The summed E-state index contributed by atoms with van der Waals surface area (Å²) in [5, 5.41) is 32.5. The number of methoxy groups -OCH3 is 1. The topological polar surface area (TPSA) is 82.0 Å². The second kappa shape index (κ2) is 6.89. The molecule has 1 atom stereocenters. The highest BCUT2D eigenvalue weighted by Gasteiger charge is 2.21. The monoisotopic (exact) mass is 317 g/mol. The number of phenolic OH excluding ortho intramolecular Hbond substituents is 2. The van der Waals surface area contributed by atoms with Crippen LogP contribution in [0.5, 0.6) is 17.2 Å². The van der Waals surface area contributed by atoms with Crippen LogP contribution in [0.4, 0.5) is 0 Å². The van der Waals surface area contributed by atoms with Gasteiger partial charge >= 0.3 is 0 Å². The highest BCUT2D eigenvalue weighted by Crippen LogP contribution is 2.27. The minimum atomic E-state index is -0.842. The lowest BCUT2D eigenvalue weighted by Gasteiger charge is -2.28. The molecule has 0 bridgehead atoms. The largest absolute Gasteiger partial charge is 0.508 e. The number of aromatic hydroxyl groups is 2. The molecule has 0 aromatic heterocycles. The zero-order valence-corrected chi connectivity index (χ0v) is 13.6. The van der Waals surface area contributed by atoms with Crippen LogP contribution in [0.3, 0.4) is 0 Å². The number of hydrogen-bond acceptors (Lipinski definition) is 5. The van der Waals surface area contributed by atoms with E-state index in [-0.39, 0.29) is 23.6 Å². The van der Waals surface area contributed by atoms with Gasteiger partial charge in [-0.25, -0.2) is 0 Å². The predicted octanol–water partition coefficient (Wildman–Crippen LogP) is 2.66. The number of rotatable bonds is 6. The predicted molar refractivity (Wildman–Crippen MR) is 88.8 cm³/mol. The molecule has 0 radical (unpaired) electrons. The molecule has 2 rings (SSSR count).